The van der Waals surface area contributed by atoms with Gasteiger partial charge in [0.15, 0.2) is 0 Å². The molecule has 1 N–H and O–H groups in total. The van der Waals surface area contributed by atoms with E-state index in [2.05, 4.69) is 22.2 Å². The smallest absolute Gasteiger partial charge is 0.305 e. The summed E-state index contributed by atoms with van der Waals surface area (Å²) in [5.41, 5.74) is 1.80. The van der Waals surface area contributed by atoms with E-state index in [0.717, 1.165) is 5.75 Å². The first-order chi connectivity index (χ1) is 11.7. The molecule has 0 saturated carbocycles. The summed E-state index contributed by atoms with van der Waals surface area (Å²) in [7, 11) is 1.36. The molecule has 0 spiro atoms. The van der Waals surface area contributed by atoms with Crippen molar-refractivity contribution in [3.8, 4) is 0 Å². The quantitative estimate of drug-likeness (QED) is 0.451. The molecule has 0 heterocycles. The van der Waals surface area contributed by atoms with E-state index >= 15 is 0 Å². The summed E-state index contributed by atoms with van der Waals surface area (Å²) >= 11 is 1.77. The van der Waals surface area contributed by atoms with Gasteiger partial charge in [0.25, 0.3) is 5.91 Å². The number of hydrogen-bond donors (Lipinski definition) is 1. The molecule has 0 atom stereocenters. The second-order valence-corrected chi connectivity index (χ2v) is 6.28. The Morgan fingerprint density at radius 2 is 1.75 bits per heavy atom. The van der Waals surface area contributed by atoms with Gasteiger partial charge in [-0.1, -0.05) is 30.3 Å². The highest BCUT2D eigenvalue weighted by Crippen LogP contribution is 2.22. The van der Waals surface area contributed by atoms with Crippen LogP contribution in [0.5, 0.6) is 0 Å². The van der Waals surface area contributed by atoms with E-state index < -0.39 is 0 Å². The fraction of sp³-hybridized carbons (Fsp3) is 0.263. The lowest BCUT2D eigenvalue weighted by atomic mass is 10.1. The van der Waals surface area contributed by atoms with Gasteiger partial charge in [0, 0.05) is 29.2 Å². The molecule has 0 saturated heterocycles. The van der Waals surface area contributed by atoms with Crippen molar-refractivity contribution in [2.45, 2.75) is 23.5 Å². The summed E-state index contributed by atoms with van der Waals surface area (Å²) < 4.78 is 4.56. The molecule has 4 nitrogen and oxygen atoms in total. The number of rotatable bonds is 8. The SMILES string of the molecule is COC(=O)CCCNC(=O)c1ccc(CSc2ccccc2)cc1. The van der Waals surface area contributed by atoms with Gasteiger partial charge in [-0.2, -0.15) is 0 Å². The summed E-state index contributed by atoms with van der Waals surface area (Å²) in [5.74, 6) is 0.483. The lowest BCUT2D eigenvalue weighted by Gasteiger charge is -2.06. The van der Waals surface area contributed by atoms with E-state index in [9.17, 15) is 9.59 Å². The van der Waals surface area contributed by atoms with Crippen molar-refractivity contribution in [2.24, 2.45) is 0 Å². The molecule has 126 valence electrons. The molecule has 0 bridgehead atoms. The number of nitrogens with one attached hydrogen (secondary N) is 1. The molecule has 2 aromatic carbocycles. The maximum absolute atomic E-state index is 12.0. The molecule has 0 unspecified atom stereocenters. The number of ether oxygens (including phenoxy) is 1. The van der Waals surface area contributed by atoms with Crippen molar-refractivity contribution in [2.75, 3.05) is 13.7 Å². The summed E-state index contributed by atoms with van der Waals surface area (Å²) in [6, 6.07) is 17.8. The number of esters is 1. The van der Waals surface area contributed by atoms with Crippen LogP contribution in [-0.4, -0.2) is 25.5 Å². The first-order valence-corrected chi connectivity index (χ1v) is 8.79. The third-order valence-electron chi connectivity index (χ3n) is 3.44. The largest absolute Gasteiger partial charge is 0.469 e. The van der Waals surface area contributed by atoms with Crippen molar-refractivity contribution in [3.05, 3.63) is 65.7 Å². The average Bonchev–Trinajstić information content (AvgIpc) is 2.64. The first kappa shape index (κ1) is 18.1. The van der Waals surface area contributed by atoms with Gasteiger partial charge < -0.3 is 10.1 Å². The Bertz CT molecular complexity index is 656. The summed E-state index contributed by atoms with van der Waals surface area (Å²) in [6.45, 7) is 0.458. The number of thioether (sulfide) groups is 1. The van der Waals surface area contributed by atoms with Crippen molar-refractivity contribution in [1.29, 1.82) is 0 Å². The Kier molecular flexibility index (Phi) is 7.36. The molecule has 0 aromatic heterocycles. The van der Waals surface area contributed by atoms with Crippen LogP contribution in [0.15, 0.2) is 59.5 Å². The zero-order valence-corrected chi connectivity index (χ0v) is 14.5. The molecule has 24 heavy (non-hydrogen) atoms. The number of carbonyl (C=O) groups excluding carboxylic acids is 2. The predicted octanol–water partition coefficient (Wildman–Crippen LogP) is 3.66. The van der Waals surface area contributed by atoms with Gasteiger partial charge in [0.2, 0.25) is 0 Å². The maximum Gasteiger partial charge on any atom is 0.305 e. The molecule has 0 aliphatic rings. The van der Waals surface area contributed by atoms with Gasteiger partial charge in [-0.3, -0.25) is 9.59 Å². The minimum atomic E-state index is -0.260. The molecule has 0 aliphatic heterocycles. The summed E-state index contributed by atoms with van der Waals surface area (Å²) in [6.07, 6.45) is 0.886. The van der Waals surface area contributed by atoms with Crippen molar-refractivity contribution < 1.29 is 14.3 Å². The fourth-order valence-electron chi connectivity index (χ4n) is 2.07. The maximum atomic E-state index is 12.0. The minimum absolute atomic E-state index is 0.123. The van der Waals surface area contributed by atoms with Gasteiger partial charge in [-0.05, 0) is 36.2 Å². The van der Waals surface area contributed by atoms with Crippen molar-refractivity contribution in [1.82, 2.24) is 5.32 Å². The monoisotopic (exact) mass is 343 g/mol. The highest BCUT2D eigenvalue weighted by Gasteiger charge is 2.06. The highest BCUT2D eigenvalue weighted by atomic mass is 32.2. The number of carbonyl (C=O) groups is 2. The van der Waals surface area contributed by atoms with E-state index in [1.807, 2.05) is 42.5 Å². The molecule has 1 amide bonds. The van der Waals surface area contributed by atoms with Crippen LogP contribution in [-0.2, 0) is 15.3 Å². The zero-order chi connectivity index (χ0) is 17.2. The fourth-order valence-corrected chi connectivity index (χ4v) is 2.95. The topological polar surface area (TPSA) is 55.4 Å². The van der Waals surface area contributed by atoms with Gasteiger partial charge in [-0.25, -0.2) is 0 Å². The van der Waals surface area contributed by atoms with Crippen LogP contribution in [0.25, 0.3) is 0 Å². The normalized spacial score (nSPS) is 10.2. The van der Waals surface area contributed by atoms with E-state index in [4.69, 9.17) is 0 Å². The second kappa shape index (κ2) is 9.78. The number of amides is 1. The number of benzene rings is 2. The number of hydrogen-bond acceptors (Lipinski definition) is 4. The molecule has 0 radical (unpaired) electrons. The summed E-state index contributed by atoms with van der Waals surface area (Å²) in [4.78, 5) is 24.2. The van der Waals surface area contributed by atoms with Crippen LogP contribution < -0.4 is 5.32 Å². The van der Waals surface area contributed by atoms with Gasteiger partial charge >= 0.3 is 5.97 Å². The Balaban J connectivity index is 1.76. The number of methoxy groups -OCH3 is 1. The van der Waals surface area contributed by atoms with E-state index in [-0.39, 0.29) is 11.9 Å². The van der Waals surface area contributed by atoms with Crippen molar-refractivity contribution in [3.63, 3.8) is 0 Å². The zero-order valence-electron chi connectivity index (χ0n) is 13.7. The highest BCUT2D eigenvalue weighted by molar-refractivity contribution is 7.98. The predicted molar refractivity (Wildman–Crippen MR) is 96.0 cm³/mol. The Morgan fingerprint density at radius 1 is 1.04 bits per heavy atom. The van der Waals surface area contributed by atoms with Gasteiger partial charge in [-0.15, -0.1) is 11.8 Å². The minimum Gasteiger partial charge on any atom is -0.469 e. The molecular formula is C19H21NO3S. The van der Waals surface area contributed by atoms with Crippen LogP contribution in [0, 0.1) is 0 Å². The van der Waals surface area contributed by atoms with Gasteiger partial charge in [0.05, 0.1) is 7.11 Å². The Hall–Kier alpha value is -2.27. The summed E-state index contributed by atoms with van der Waals surface area (Å²) in [5, 5.41) is 2.80. The van der Waals surface area contributed by atoms with Gasteiger partial charge in [0.1, 0.15) is 0 Å². The molecule has 5 heteroatoms. The molecule has 2 rings (SSSR count). The van der Waals surface area contributed by atoms with E-state index in [1.165, 1.54) is 17.6 Å². The Morgan fingerprint density at radius 3 is 2.42 bits per heavy atom. The molecule has 0 fully saturated rings. The molecule has 0 aliphatic carbocycles. The second-order valence-electron chi connectivity index (χ2n) is 5.23. The van der Waals surface area contributed by atoms with Crippen molar-refractivity contribution >= 4 is 23.6 Å². The lowest BCUT2D eigenvalue weighted by molar-refractivity contribution is -0.140. The lowest BCUT2D eigenvalue weighted by Crippen LogP contribution is -2.24. The third-order valence-corrected chi connectivity index (χ3v) is 4.52. The molecular weight excluding hydrogens is 322 g/mol. The van der Waals surface area contributed by atoms with Crippen LogP contribution in [0.1, 0.15) is 28.8 Å². The third kappa shape index (κ3) is 6.08. The van der Waals surface area contributed by atoms with Crippen LogP contribution in [0.2, 0.25) is 0 Å². The van der Waals surface area contributed by atoms with E-state index in [1.54, 1.807) is 11.8 Å². The molecule has 2 aromatic rings. The standard InChI is InChI=1S/C19H21NO3S/c1-23-18(21)8-5-13-20-19(22)16-11-9-15(10-12-16)14-24-17-6-3-2-4-7-17/h2-4,6-7,9-12H,5,8,13-14H2,1H3,(H,20,22). The van der Waals surface area contributed by atoms with Crippen LogP contribution in [0.4, 0.5) is 0 Å². The van der Waals surface area contributed by atoms with Crippen LogP contribution in [0.3, 0.4) is 0 Å². The van der Waals surface area contributed by atoms with Crippen LogP contribution >= 0.6 is 11.8 Å². The Labute approximate surface area is 146 Å². The average molecular weight is 343 g/mol. The first-order valence-electron chi connectivity index (χ1n) is 7.81. The van der Waals surface area contributed by atoms with E-state index in [0.29, 0.717) is 24.9 Å².